The molecule has 0 aliphatic carbocycles. The van der Waals surface area contributed by atoms with E-state index in [0.717, 1.165) is 135 Å². The lowest BCUT2D eigenvalue weighted by molar-refractivity contribution is -0.161. The molecular weight excluding hydrogens is 882 g/mol. The average molecular weight is 980 g/mol. The molecule has 0 bridgehead atoms. The van der Waals surface area contributed by atoms with Gasteiger partial charge in [-0.3, -0.25) is 18.6 Å². The van der Waals surface area contributed by atoms with Crippen molar-refractivity contribution < 1.29 is 37.6 Å². The summed E-state index contributed by atoms with van der Waals surface area (Å²) in [6.07, 6.45) is 73.8. The molecule has 0 radical (unpaired) electrons. The first-order valence-corrected chi connectivity index (χ1v) is 28.5. The van der Waals surface area contributed by atoms with Crippen LogP contribution < -0.4 is 5.73 Å². The molecule has 0 rings (SSSR count). The number of carbonyl (C=O) groups is 2. The van der Waals surface area contributed by atoms with Gasteiger partial charge in [0, 0.05) is 19.4 Å². The predicted molar refractivity (Wildman–Crippen MR) is 293 cm³/mol. The van der Waals surface area contributed by atoms with Gasteiger partial charge in [0.25, 0.3) is 0 Å². The fourth-order valence-electron chi connectivity index (χ4n) is 6.92. The van der Waals surface area contributed by atoms with E-state index in [1.54, 1.807) is 0 Å². The van der Waals surface area contributed by atoms with Crippen molar-refractivity contribution in [2.75, 3.05) is 26.4 Å². The van der Waals surface area contributed by atoms with Crippen LogP contribution in [0.1, 0.15) is 206 Å². The molecule has 0 saturated heterocycles. The maximum Gasteiger partial charge on any atom is 0.472 e. The van der Waals surface area contributed by atoms with Gasteiger partial charge in [-0.25, -0.2) is 4.57 Å². The Balaban J connectivity index is 4.10. The molecule has 0 spiro atoms. The number of allylic oxidation sites excluding steroid dienone is 20. The zero-order valence-electron chi connectivity index (χ0n) is 43.5. The van der Waals surface area contributed by atoms with Gasteiger partial charge in [-0.1, -0.05) is 212 Å². The third-order valence-electron chi connectivity index (χ3n) is 10.8. The first kappa shape index (κ1) is 65.4. The zero-order valence-corrected chi connectivity index (χ0v) is 44.4. The Kier molecular flexibility index (Phi) is 51.0. The van der Waals surface area contributed by atoms with Crippen LogP contribution in [0.25, 0.3) is 0 Å². The summed E-state index contributed by atoms with van der Waals surface area (Å²) >= 11 is 0. The molecule has 10 heteroatoms. The Bertz CT molecular complexity index is 1540. The van der Waals surface area contributed by atoms with Crippen LogP contribution in [0.4, 0.5) is 0 Å². The van der Waals surface area contributed by atoms with Crippen LogP contribution in [0, 0.1) is 0 Å². The van der Waals surface area contributed by atoms with Crippen molar-refractivity contribution in [2.45, 2.75) is 213 Å². The standard InChI is InChI=1S/C59H98NO8P/c1-3-5-7-9-11-13-15-17-19-21-23-25-27-28-30-32-34-36-38-40-42-44-46-48-50-52-59(62)68-57(56-67-69(63,64)66-54-53-60)55-65-58(61)51-49-47-45-43-41-39-37-35-33-31-29-26-24-22-20-18-16-14-12-10-8-6-4-2/h5-8,11-14,17-20,23-26,28,30,34,36,57H,3-4,9-10,15-16,21-22,27,29,31-33,35,37-56,60H2,1-2H3,(H,63,64)/b7-5-,8-6-,13-11-,14-12-,19-17-,20-18-,25-23-,26-24-,30-28-,36-34-. The Hall–Kier alpha value is -3.59. The van der Waals surface area contributed by atoms with E-state index in [9.17, 15) is 19.0 Å². The van der Waals surface area contributed by atoms with Gasteiger partial charge in [-0.15, -0.1) is 0 Å². The quantitative estimate of drug-likeness (QED) is 0.0264. The van der Waals surface area contributed by atoms with Crippen LogP contribution in [0.15, 0.2) is 122 Å². The second-order valence-corrected chi connectivity index (χ2v) is 18.8. The second-order valence-electron chi connectivity index (χ2n) is 17.3. The number of nitrogens with two attached hydrogens (primary N) is 1. The van der Waals surface area contributed by atoms with Gasteiger partial charge >= 0.3 is 19.8 Å². The molecule has 392 valence electrons. The van der Waals surface area contributed by atoms with Gasteiger partial charge in [-0.05, 0) is 103 Å². The zero-order chi connectivity index (χ0) is 50.2. The summed E-state index contributed by atoms with van der Waals surface area (Å²) in [7, 11) is -4.40. The smallest absolute Gasteiger partial charge is 0.462 e. The van der Waals surface area contributed by atoms with Gasteiger partial charge in [0.1, 0.15) is 6.61 Å². The number of ether oxygens (including phenoxy) is 2. The van der Waals surface area contributed by atoms with E-state index in [1.165, 1.54) is 38.5 Å². The number of hydrogen-bond donors (Lipinski definition) is 2. The summed E-state index contributed by atoms with van der Waals surface area (Å²) in [6, 6.07) is 0. The van der Waals surface area contributed by atoms with Crippen molar-refractivity contribution in [1.29, 1.82) is 0 Å². The molecule has 2 unspecified atom stereocenters. The van der Waals surface area contributed by atoms with Crippen LogP contribution in [0.2, 0.25) is 0 Å². The Morgan fingerprint density at radius 1 is 0.435 bits per heavy atom. The third kappa shape index (κ3) is 53.6. The lowest BCUT2D eigenvalue weighted by atomic mass is 10.1. The molecule has 0 amide bonds. The molecule has 0 aromatic rings. The van der Waals surface area contributed by atoms with Gasteiger partial charge in [0.2, 0.25) is 0 Å². The van der Waals surface area contributed by atoms with Crippen molar-refractivity contribution in [3.8, 4) is 0 Å². The second kappa shape index (κ2) is 53.8. The van der Waals surface area contributed by atoms with Gasteiger partial charge in [0.15, 0.2) is 6.10 Å². The molecule has 9 nitrogen and oxygen atoms in total. The minimum Gasteiger partial charge on any atom is -0.462 e. The highest BCUT2D eigenvalue weighted by Crippen LogP contribution is 2.43. The third-order valence-corrected chi connectivity index (χ3v) is 11.8. The molecule has 0 aromatic carbocycles. The fraction of sp³-hybridized carbons (Fsp3) is 0.627. The molecule has 0 aliphatic rings. The van der Waals surface area contributed by atoms with Gasteiger partial charge < -0.3 is 20.1 Å². The van der Waals surface area contributed by atoms with E-state index >= 15 is 0 Å². The highest BCUT2D eigenvalue weighted by Gasteiger charge is 2.26. The Morgan fingerprint density at radius 3 is 1.12 bits per heavy atom. The number of phosphoric ester groups is 1. The van der Waals surface area contributed by atoms with E-state index in [0.29, 0.717) is 6.42 Å². The highest BCUT2D eigenvalue weighted by molar-refractivity contribution is 7.47. The number of hydrogen-bond acceptors (Lipinski definition) is 8. The Labute approximate surface area is 421 Å². The Morgan fingerprint density at radius 2 is 0.754 bits per heavy atom. The van der Waals surface area contributed by atoms with E-state index in [2.05, 4.69) is 135 Å². The van der Waals surface area contributed by atoms with Gasteiger partial charge in [-0.2, -0.15) is 0 Å². The normalized spacial score (nSPS) is 14.1. The summed E-state index contributed by atoms with van der Waals surface area (Å²) in [5.41, 5.74) is 5.37. The van der Waals surface area contributed by atoms with Crippen LogP contribution in [-0.2, 0) is 32.7 Å². The number of rotatable bonds is 49. The molecule has 3 N–H and O–H groups in total. The van der Waals surface area contributed by atoms with E-state index < -0.39 is 32.5 Å². The lowest BCUT2D eigenvalue weighted by Crippen LogP contribution is -2.29. The summed E-state index contributed by atoms with van der Waals surface area (Å²) in [5.74, 6) is -0.858. The van der Waals surface area contributed by atoms with Crippen molar-refractivity contribution in [2.24, 2.45) is 5.73 Å². The van der Waals surface area contributed by atoms with Crippen molar-refractivity contribution in [3.05, 3.63) is 122 Å². The SMILES string of the molecule is CC/C=C\C/C=C\C/C=C\C/C=C\C/C=C\C/C=C\CCCCCCCCC(=O)OC(COC(=O)CCCCCCCCCCCC/C=C\C/C=C\C/C=C\C/C=C\CC)COP(=O)(O)OCCN. The van der Waals surface area contributed by atoms with E-state index in [1.807, 2.05) is 0 Å². The number of phosphoric acid groups is 1. The van der Waals surface area contributed by atoms with E-state index in [-0.39, 0.29) is 32.6 Å². The van der Waals surface area contributed by atoms with Crippen molar-refractivity contribution in [3.63, 3.8) is 0 Å². The summed E-state index contributed by atoms with van der Waals surface area (Å²) in [6.45, 7) is 3.48. The molecule has 0 aliphatic heterocycles. The molecule has 0 saturated carbocycles. The largest absolute Gasteiger partial charge is 0.472 e. The van der Waals surface area contributed by atoms with Crippen LogP contribution in [0.5, 0.6) is 0 Å². The lowest BCUT2D eigenvalue weighted by Gasteiger charge is -2.19. The molecule has 0 aromatic heterocycles. The molecule has 0 fully saturated rings. The minimum absolute atomic E-state index is 0.0433. The number of esters is 2. The monoisotopic (exact) mass is 980 g/mol. The summed E-state index contributed by atoms with van der Waals surface area (Å²) in [5, 5.41) is 0. The average Bonchev–Trinajstić information content (AvgIpc) is 3.34. The summed E-state index contributed by atoms with van der Waals surface area (Å²) < 4.78 is 33.0. The minimum atomic E-state index is -4.40. The topological polar surface area (TPSA) is 134 Å². The predicted octanol–water partition coefficient (Wildman–Crippen LogP) is 16.8. The van der Waals surface area contributed by atoms with Crippen molar-refractivity contribution in [1.82, 2.24) is 0 Å². The first-order chi connectivity index (χ1) is 33.8. The first-order valence-electron chi connectivity index (χ1n) is 27.0. The van der Waals surface area contributed by atoms with Gasteiger partial charge in [0.05, 0.1) is 13.2 Å². The molecule has 69 heavy (non-hydrogen) atoms. The number of carbonyl (C=O) groups excluding carboxylic acids is 2. The van der Waals surface area contributed by atoms with Crippen LogP contribution in [-0.4, -0.2) is 49.3 Å². The van der Waals surface area contributed by atoms with Crippen LogP contribution >= 0.6 is 7.82 Å². The van der Waals surface area contributed by atoms with Crippen LogP contribution in [0.3, 0.4) is 0 Å². The van der Waals surface area contributed by atoms with E-state index in [4.69, 9.17) is 24.3 Å². The maximum atomic E-state index is 12.7. The molecule has 2 atom stereocenters. The fourth-order valence-corrected chi connectivity index (χ4v) is 7.69. The highest BCUT2D eigenvalue weighted by atomic mass is 31.2. The number of unbranched alkanes of at least 4 members (excludes halogenated alkanes) is 16. The molecule has 0 heterocycles. The molecular formula is C59H98NO8P. The van der Waals surface area contributed by atoms with Crippen molar-refractivity contribution >= 4 is 19.8 Å². The summed E-state index contributed by atoms with van der Waals surface area (Å²) in [4.78, 5) is 35.1. The maximum absolute atomic E-state index is 12.7.